The largest absolute Gasteiger partial charge is 0.370 e. The minimum absolute atomic E-state index is 0.201. The van der Waals surface area contributed by atoms with Crippen molar-refractivity contribution in [3.63, 3.8) is 0 Å². The number of fused-ring (bicyclic) bond motifs is 1. The Balaban J connectivity index is 1.18. The van der Waals surface area contributed by atoms with Crippen molar-refractivity contribution >= 4 is 0 Å². The molecule has 4 heteroatoms. The lowest BCUT2D eigenvalue weighted by Gasteiger charge is -2.37. The van der Waals surface area contributed by atoms with E-state index in [4.69, 9.17) is 4.74 Å². The summed E-state index contributed by atoms with van der Waals surface area (Å²) < 4.78 is 6.64. The van der Waals surface area contributed by atoms with E-state index in [2.05, 4.69) is 59.1 Å². The molecule has 4 saturated heterocycles. The molecule has 4 aliphatic rings. The van der Waals surface area contributed by atoms with Gasteiger partial charge in [0.2, 0.25) is 0 Å². The van der Waals surface area contributed by atoms with Crippen molar-refractivity contribution in [2.24, 2.45) is 11.8 Å². The highest BCUT2D eigenvalue weighted by Gasteiger charge is 2.63. The van der Waals surface area contributed by atoms with Crippen molar-refractivity contribution in [2.75, 3.05) is 46.8 Å². The molecule has 4 aliphatic heterocycles. The maximum Gasteiger partial charge on any atom is 0.0858 e. The van der Waals surface area contributed by atoms with Gasteiger partial charge in [0.15, 0.2) is 0 Å². The van der Waals surface area contributed by atoms with Crippen LogP contribution in [0.3, 0.4) is 0 Å². The number of nitrogens with zero attached hydrogens (tertiary/aromatic N) is 3. The van der Waals surface area contributed by atoms with Crippen LogP contribution in [0.25, 0.3) is 0 Å². The van der Waals surface area contributed by atoms with Crippen molar-refractivity contribution in [1.82, 2.24) is 14.7 Å². The first kappa shape index (κ1) is 18.1. The van der Waals surface area contributed by atoms with E-state index < -0.39 is 0 Å². The van der Waals surface area contributed by atoms with E-state index in [1.165, 1.54) is 64.0 Å². The van der Waals surface area contributed by atoms with Crippen LogP contribution < -0.4 is 0 Å². The fourth-order valence-electron chi connectivity index (χ4n) is 6.45. The van der Waals surface area contributed by atoms with Gasteiger partial charge in [-0.3, -0.25) is 9.80 Å². The molecule has 4 heterocycles. The summed E-state index contributed by atoms with van der Waals surface area (Å²) in [6, 6.07) is 11.7. The van der Waals surface area contributed by atoms with Crippen LogP contribution in [-0.4, -0.2) is 79.3 Å². The highest BCUT2D eigenvalue weighted by atomic mass is 16.5. The molecule has 148 valence electrons. The van der Waals surface area contributed by atoms with Crippen LogP contribution in [0.4, 0.5) is 0 Å². The summed E-state index contributed by atoms with van der Waals surface area (Å²) in [6.45, 7) is 7.24. The van der Waals surface area contributed by atoms with Gasteiger partial charge in [-0.1, -0.05) is 30.3 Å². The molecule has 4 fully saturated rings. The summed E-state index contributed by atoms with van der Waals surface area (Å²) in [5.74, 6) is 1.51. The van der Waals surface area contributed by atoms with Gasteiger partial charge >= 0.3 is 0 Å². The average Bonchev–Trinajstić information content (AvgIpc) is 3.33. The number of hydrogen-bond donors (Lipinski definition) is 0. The van der Waals surface area contributed by atoms with E-state index in [1.807, 2.05) is 0 Å². The fourth-order valence-corrected chi connectivity index (χ4v) is 6.45. The predicted molar refractivity (Wildman–Crippen MR) is 109 cm³/mol. The smallest absolute Gasteiger partial charge is 0.0858 e. The molecule has 1 aromatic rings. The monoisotopic (exact) mass is 369 g/mol. The molecule has 5 rings (SSSR count). The molecule has 27 heavy (non-hydrogen) atoms. The molecular formula is C23H35N3O. The summed E-state index contributed by atoms with van der Waals surface area (Å²) in [5.41, 5.74) is 1.65. The second-order valence-corrected chi connectivity index (χ2v) is 9.71. The Kier molecular flexibility index (Phi) is 4.79. The lowest BCUT2D eigenvalue weighted by atomic mass is 9.73. The molecular weight excluding hydrogens is 334 g/mol. The van der Waals surface area contributed by atoms with Crippen LogP contribution in [0.2, 0.25) is 0 Å². The molecule has 1 spiro atoms. The lowest BCUT2D eigenvalue weighted by Crippen LogP contribution is -2.45. The first-order valence-electron chi connectivity index (χ1n) is 11.0. The van der Waals surface area contributed by atoms with E-state index in [9.17, 15) is 0 Å². The van der Waals surface area contributed by atoms with E-state index in [-0.39, 0.29) is 5.60 Å². The molecule has 0 aromatic heterocycles. The van der Waals surface area contributed by atoms with Crippen LogP contribution in [-0.2, 0) is 11.3 Å². The standard InChI is InChI=1S/C23H35N3O/c1-24(2)15-20-21-16-26(17-23(21)11-8-22(20)27-23)19-9-12-25(13-10-19)14-18-6-4-3-5-7-18/h3-7,19-22H,8-17H2,1-2H3/t20-,21+,22+,23+/m0/s1. The van der Waals surface area contributed by atoms with Gasteiger partial charge in [-0.25, -0.2) is 0 Å². The van der Waals surface area contributed by atoms with Crippen molar-refractivity contribution in [1.29, 1.82) is 0 Å². The number of benzene rings is 1. The number of hydrogen-bond acceptors (Lipinski definition) is 4. The Morgan fingerprint density at radius 3 is 2.63 bits per heavy atom. The van der Waals surface area contributed by atoms with Gasteiger partial charge in [-0.05, 0) is 58.4 Å². The van der Waals surface area contributed by atoms with Crippen molar-refractivity contribution in [2.45, 2.75) is 50.0 Å². The third-order valence-electron chi connectivity index (χ3n) is 7.71. The van der Waals surface area contributed by atoms with Crippen LogP contribution in [0, 0.1) is 11.8 Å². The van der Waals surface area contributed by atoms with Crippen molar-refractivity contribution in [3.8, 4) is 0 Å². The number of rotatable bonds is 5. The van der Waals surface area contributed by atoms with Crippen LogP contribution >= 0.6 is 0 Å². The van der Waals surface area contributed by atoms with Crippen LogP contribution in [0.15, 0.2) is 30.3 Å². The van der Waals surface area contributed by atoms with Crippen molar-refractivity contribution < 1.29 is 4.74 Å². The Morgan fingerprint density at radius 1 is 1.11 bits per heavy atom. The summed E-state index contributed by atoms with van der Waals surface area (Å²) in [7, 11) is 4.43. The minimum Gasteiger partial charge on any atom is -0.370 e. The Bertz CT molecular complexity index is 642. The number of piperidine rings is 1. The molecule has 0 unspecified atom stereocenters. The minimum atomic E-state index is 0.201. The molecule has 4 atom stereocenters. The first-order chi connectivity index (χ1) is 13.1. The number of ether oxygens (including phenoxy) is 1. The topological polar surface area (TPSA) is 19.0 Å². The van der Waals surface area contributed by atoms with E-state index in [1.54, 1.807) is 0 Å². The summed E-state index contributed by atoms with van der Waals surface area (Å²) in [4.78, 5) is 7.82. The fraction of sp³-hybridized carbons (Fsp3) is 0.739. The van der Waals surface area contributed by atoms with E-state index in [0.29, 0.717) is 6.10 Å². The third kappa shape index (κ3) is 3.35. The molecule has 0 saturated carbocycles. The maximum absolute atomic E-state index is 6.64. The van der Waals surface area contributed by atoms with Gasteiger partial charge in [0.25, 0.3) is 0 Å². The van der Waals surface area contributed by atoms with Gasteiger partial charge in [0.05, 0.1) is 11.7 Å². The molecule has 0 radical (unpaired) electrons. The molecule has 4 nitrogen and oxygen atoms in total. The molecule has 0 aliphatic carbocycles. The van der Waals surface area contributed by atoms with Crippen molar-refractivity contribution in [3.05, 3.63) is 35.9 Å². The molecule has 1 aromatic carbocycles. The average molecular weight is 370 g/mol. The van der Waals surface area contributed by atoms with Crippen LogP contribution in [0.1, 0.15) is 31.2 Å². The second-order valence-electron chi connectivity index (χ2n) is 9.71. The second kappa shape index (κ2) is 7.14. The van der Waals surface area contributed by atoms with E-state index in [0.717, 1.165) is 24.4 Å². The molecule has 0 N–H and O–H groups in total. The van der Waals surface area contributed by atoms with Crippen LogP contribution in [0.5, 0.6) is 0 Å². The van der Waals surface area contributed by atoms with Gasteiger partial charge in [0.1, 0.15) is 0 Å². The Morgan fingerprint density at radius 2 is 1.89 bits per heavy atom. The normalized spacial score (nSPS) is 37.4. The molecule has 2 bridgehead atoms. The highest BCUT2D eigenvalue weighted by Crippen LogP contribution is 2.55. The summed E-state index contributed by atoms with van der Waals surface area (Å²) >= 11 is 0. The zero-order valence-corrected chi connectivity index (χ0v) is 17.0. The SMILES string of the molecule is CN(C)C[C@H]1[C@H]2CN(C3CCN(Cc4ccccc4)CC3)C[C@]23CC[C@H]1O3. The van der Waals surface area contributed by atoms with Gasteiger partial charge in [0, 0.05) is 44.1 Å². The molecule has 0 amide bonds. The Labute approximate surface area is 164 Å². The zero-order chi connectivity index (χ0) is 18.4. The Hall–Kier alpha value is -0.940. The third-order valence-corrected chi connectivity index (χ3v) is 7.71. The first-order valence-corrected chi connectivity index (χ1v) is 11.0. The maximum atomic E-state index is 6.64. The quantitative estimate of drug-likeness (QED) is 0.794. The zero-order valence-electron chi connectivity index (χ0n) is 17.0. The lowest BCUT2D eigenvalue weighted by molar-refractivity contribution is -0.00555. The van der Waals surface area contributed by atoms with E-state index >= 15 is 0 Å². The predicted octanol–water partition coefficient (Wildman–Crippen LogP) is 2.69. The number of likely N-dealkylation sites (tertiary alicyclic amines) is 2. The summed E-state index contributed by atoms with van der Waals surface area (Å²) in [6.07, 6.45) is 5.76. The highest BCUT2D eigenvalue weighted by molar-refractivity contribution is 5.15. The van der Waals surface area contributed by atoms with Gasteiger partial charge in [-0.15, -0.1) is 0 Å². The van der Waals surface area contributed by atoms with Gasteiger partial charge in [-0.2, -0.15) is 0 Å². The van der Waals surface area contributed by atoms with Gasteiger partial charge < -0.3 is 9.64 Å². The summed E-state index contributed by atoms with van der Waals surface area (Å²) in [5, 5.41) is 0.